The van der Waals surface area contributed by atoms with Gasteiger partial charge in [-0.05, 0) is 69.7 Å². The Morgan fingerprint density at radius 3 is 2.62 bits per heavy atom. The summed E-state index contributed by atoms with van der Waals surface area (Å²) in [6.45, 7) is 4.03. The molecule has 0 unspecified atom stereocenters. The zero-order valence-corrected chi connectivity index (χ0v) is 17.1. The van der Waals surface area contributed by atoms with E-state index in [1.165, 1.54) is 0 Å². The second kappa shape index (κ2) is 7.83. The number of rotatable bonds is 4. The number of amides is 1. The molecule has 3 aromatic rings. The van der Waals surface area contributed by atoms with E-state index in [0.29, 0.717) is 16.9 Å². The Morgan fingerprint density at radius 2 is 1.97 bits per heavy atom. The topological polar surface area (TPSA) is 85.3 Å². The number of likely N-dealkylation sites (tertiary alicyclic amines) is 1. The molecule has 0 radical (unpaired) electrons. The van der Waals surface area contributed by atoms with Crippen LogP contribution in [0.25, 0.3) is 22.3 Å². The minimum Gasteiger partial charge on any atom is -0.508 e. The van der Waals surface area contributed by atoms with Crippen molar-refractivity contribution in [2.45, 2.75) is 32.2 Å². The van der Waals surface area contributed by atoms with Gasteiger partial charge in [0.15, 0.2) is 5.65 Å². The third-order valence-electron chi connectivity index (χ3n) is 5.90. The van der Waals surface area contributed by atoms with Gasteiger partial charge in [0.25, 0.3) is 5.91 Å². The van der Waals surface area contributed by atoms with Crippen LogP contribution in [0.5, 0.6) is 5.75 Å². The van der Waals surface area contributed by atoms with Crippen LogP contribution in [-0.2, 0) is 6.42 Å². The number of aromatic nitrogens is 3. The smallest absolute Gasteiger partial charge is 0.254 e. The highest BCUT2D eigenvalue weighted by molar-refractivity contribution is 6.07. The summed E-state index contributed by atoms with van der Waals surface area (Å²) in [4.78, 5) is 22.4. The average Bonchev–Trinajstić information content (AvgIpc) is 3.16. The summed E-state index contributed by atoms with van der Waals surface area (Å²) < 4.78 is 0. The van der Waals surface area contributed by atoms with Crippen LogP contribution < -0.4 is 0 Å². The van der Waals surface area contributed by atoms with E-state index >= 15 is 0 Å². The van der Waals surface area contributed by atoms with E-state index in [0.717, 1.165) is 49.0 Å². The summed E-state index contributed by atoms with van der Waals surface area (Å²) in [6.07, 6.45) is 2.70. The summed E-state index contributed by atoms with van der Waals surface area (Å²) >= 11 is 0. The van der Waals surface area contributed by atoms with Gasteiger partial charge in [0.05, 0.1) is 16.6 Å². The van der Waals surface area contributed by atoms with Crippen molar-refractivity contribution in [1.29, 1.82) is 0 Å². The number of hydrogen-bond acceptors (Lipinski definition) is 5. The van der Waals surface area contributed by atoms with E-state index < -0.39 is 0 Å². The second-order valence-corrected chi connectivity index (χ2v) is 7.81. The molecule has 0 atom stereocenters. The molecule has 7 heteroatoms. The Hall–Kier alpha value is -2.93. The summed E-state index contributed by atoms with van der Waals surface area (Å²) in [6, 6.07) is 8.93. The Bertz CT molecular complexity index is 1020. The quantitative estimate of drug-likeness (QED) is 0.712. The number of fused-ring (bicyclic) bond motifs is 1. The number of H-pyrrole nitrogens is 1. The van der Waals surface area contributed by atoms with Crippen molar-refractivity contribution in [3.05, 3.63) is 41.6 Å². The number of aromatic hydroxyl groups is 1. The molecule has 0 aliphatic carbocycles. The molecule has 1 fully saturated rings. The number of aromatic amines is 1. The zero-order valence-electron chi connectivity index (χ0n) is 17.1. The third-order valence-corrected chi connectivity index (χ3v) is 5.90. The Balaban J connectivity index is 1.77. The van der Waals surface area contributed by atoms with Crippen LogP contribution in [-0.4, -0.2) is 69.2 Å². The second-order valence-electron chi connectivity index (χ2n) is 7.81. The van der Waals surface area contributed by atoms with Crippen molar-refractivity contribution >= 4 is 16.9 Å². The molecule has 3 heterocycles. The van der Waals surface area contributed by atoms with Crippen molar-refractivity contribution in [3.8, 4) is 17.0 Å². The fourth-order valence-corrected chi connectivity index (χ4v) is 4.03. The monoisotopic (exact) mass is 393 g/mol. The molecule has 29 heavy (non-hydrogen) atoms. The number of nitrogens with zero attached hydrogens (tertiary/aromatic N) is 4. The Kier molecular flexibility index (Phi) is 5.24. The van der Waals surface area contributed by atoms with Crippen LogP contribution in [0.2, 0.25) is 0 Å². The van der Waals surface area contributed by atoms with Gasteiger partial charge in [-0.2, -0.15) is 5.10 Å². The first-order chi connectivity index (χ1) is 14.0. The molecule has 0 bridgehead atoms. The van der Waals surface area contributed by atoms with E-state index in [4.69, 9.17) is 0 Å². The molecule has 1 amide bonds. The molecule has 1 aromatic carbocycles. The predicted molar refractivity (Wildman–Crippen MR) is 113 cm³/mol. The number of hydrogen-bond donors (Lipinski definition) is 2. The SMILES string of the molecule is CCc1[nH]nc2nc(-c3ccc(O)cc3)cc(C(=O)N(C)C3CCN(C)CC3)c12. The molecule has 0 saturated carbocycles. The lowest BCUT2D eigenvalue weighted by molar-refractivity contribution is 0.0661. The third kappa shape index (κ3) is 3.70. The molecule has 0 spiro atoms. The average molecular weight is 393 g/mol. The normalized spacial score (nSPS) is 15.7. The summed E-state index contributed by atoms with van der Waals surface area (Å²) in [5.41, 5.74) is 3.61. The minimum atomic E-state index is 0.00285. The van der Waals surface area contributed by atoms with Crippen LogP contribution in [0.4, 0.5) is 0 Å². The van der Waals surface area contributed by atoms with Crippen LogP contribution in [0.15, 0.2) is 30.3 Å². The number of phenolic OH excluding ortho intramolecular Hbond substituents is 1. The maximum Gasteiger partial charge on any atom is 0.254 e. The summed E-state index contributed by atoms with van der Waals surface area (Å²) in [5.74, 6) is 0.198. The first-order valence-corrected chi connectivity index (χ1v) is 10.1. The number of benzene rings is 1. The van der Waals surface area contributed by atoms with Gasteiger partial charge >= 0.3 is 0 Å². The van der Waals surface area contributed by atoms with Gasteiger partial charge in [-0.25, -0.2) is 4.98 Å². The maximum absolute atomic E-state index is 13.5. The minimum absolute atomic E-state index is 0.00285. The van der Waals surface area contributed by atoms with E-state index in [2.05, 4.69) is 27.1 Å². The molecular weight excluding hydrogens is 366 g/mol. The first-order valence-electron chi connectivity index (χ1n) is 10.1. The van der Waals surface area contributed by atoms with Crippen molar-refractivity contribution in [1.82, 2.24) is 25.0 Å². The Morgan fingerprint density at radius 1 is 1.28 bits per heavy atom. The van der Waals surface area contributed by atoms with Gasteiger partial charge in [-0.1, -0.05) is 6.92 Å². The number of nitrogens with one attached hydrogen (secondary N) is 1. The number of phenols is 1. The molecule has 1 aliphatic heterocycles. The lowest BCUT2D eigenvalue weighted by Gasteiger charge is -2.35. The maximum atomic E-state index is 13.5. The summed E-state index contributed by atoms with van der Waals surface area (Å²) in [7, 11) is 4.02. The van der Waals surface area contributed by atoms with Gasteiger partial charge < -0.3 is 14.9 Å². The number of aryl methyl sites for hydroxylation is 1. The van der Waals surface area contributed by atoms with Crippen molar-refractivity contribution < 1.29 is 9.90 Å². The van der Waals surface area contributed by atoms with E-state index in [9.17, 15) is 9.90 Å². The summed E-state index contributed by atoms with van der Waals surface area (Å²) in [5, 5.41) is 17.8. The van der Waals surface area contributed by atoms with Gasteiger partial charge in [-0.15, -0.1) is 0 Å². The Labute approximate surface area is 170 Å². The fraction of sp³-hybridized carbons (Fsp3) is 0.409. The highest BCUT2D eigenvalue weighted by atomic mass is 16.3. The van der Waals surface area contributed by atoms with Crippen molar-refractivity contribution in [2.75, 3.05) is 27.2 Å². The van der Waals surface area contributed by atoms with Crippen LogP contribution >= 0.6 is 0 Å². The number of carbonyl (C=O) groups is 1. The van der Waals surface area contributed by atoms with E-state index in [-0.39, 0.29) is 17.7 Å². The van der Waals surface area contributed by atoms with Gasteiger partial charge in [0.2, 0.25) is 0 Å². The van der Waals surface area contributed by atoms with Crippen molar-refractivity contribution in [3.63, 3.8) is 0 Å². The number of piperidine rings is 1. The molecule has 7 nitrogen and oxygen atoms in total. The lowest BCUT2D eigenvalue weighted by Crippen LogP contribution is -2.44. The predicted octanol–water partition coefficient (Wildman–Crippen LogP) is 3.06. The zero-order chi connectivity index (χ0) is 20.5. The molecule has 1 saturated heterocycles. The molecule has 152 valence electrons. The van der Waals surface area contributed by atoms with E-state index in [1.807, 2.05) is 24.9 Å². The molecule has 1 aliphatic rings. The van der Waals surface area contributed by atoms with Gasteiger partial charge in [0, 0.05) is 24.3 Å². The first kappa shape index (κ1) is 19.4. The standard InChI is InChI=1S/C22H27N5O2/c1-4-18-20-17(22(29)27(3)15-9-11-26(2)12-10-15)13-19(23-21(20)25-24-18)14-5-7-16(28)8-6-14/h5-8,13,15,28H,4,9-12H2,1-3H3,(H,23,24,25). The number of pyridine rings is 1. The highest BCUT2D eigenvalue weighted by Gasteiger charge is 2.27. The molecule has 2 aromatic heterocycles. The van der Waals surface area contributed by atoms with Crippen molar-refractivity contribution in [2.24, 2.45) is 0 Å². The van der Waals surface area contributed by atoms with Gasteiger partial charge in [0.1, 0.15) is 5.75 Å². The van der Waals surface area contributed by atoms with Crippen LogP contribution in [0, 0.1) is 0 Å². The molecule has 2 N–H and O–H groups in total. The largest absolute Gasteiger partial charge is 0.508 e. The van der Waals surface area contributed by atoms with Crippen LogP contribution in [0.3, 0.4) is 0 Å². The lowest BCUT2D eigenvalue weighted by atomic mass is 10.0. The fourth-order valence-electron chi connectivity index (χ4n) is 4.03. The van der Waals surface area contributed by atoms with Crippen LogP contribution in [0.1, 0.15) is 35.8 Å². The molecule has 4 rings (SSSR count). The highest BCUT2D eigenvalue weighted by Crippen LogP contribution is 2.29. The number of carbonyl (C=O) groups excluding carboxylic acids is 1. The molecular formula is C22H27N5O2. The van der Waals surface area contributed by atoms with E-state index in [1.54, 1.807) is 24.3 Å². The van der Waals surface area contributed by atoms with Gasteiger partial charge in [-0.3, -0.25) is 9.89 Å².